The molecule has 0 spiro atoms. The molecule has 1 aliphatic rings. The molecule has 1 atom stereocenters. The number of nitrogens with one attached hydrogen (secondary N) is 2. The number of para-hydroxylation sites is 1. The summed E-state index contributed by atoms with van der Waals surface area (Å²) in [5.74, 6) is 3.76. The zero-order valence-corrected chi connectivity index (χ0v) is 18.2. The number of guanidine groups is 1. The van der Waals surface area contributed by atoms with Gasteiger partial charge in [0.15, 0.2) is 11.8 Å². The van der Waals surface area contributed by atoms with Crippen LogP contribution in [0.1, 0.15) is 30.6 Å². The Morgan fingerprint density at radius 2 is 2.10 bits per heavy atom. The van der Waals surface area contributed by atoms with Gasteiger partial charge in [-0.05, 0) is 24.1 Å². The molecular formula is C22H30N8. The van der Waals surface area contributed by atoms with Crippen LogP contribution in [-0.4, -0.2) is 52.9 Å². The van der Waals surface area contributed by atoms with Gasteiger partial charge in [-0.3, -0.25) is 4.99 Å². The molecule has 158 valence electrons. The van der Waals surface area contributed by atoms with E-state index in [-0.39, 0.29) is 6.04 Å². The molecule has 0 radical (unpaired) electrons. The number of aliphatic imine (C=N–C) groups is 1. The number of rotatable bonds is 5. The van der Waals surface area contributed by atoms with Crippen LogP contribution >= 0.6 is 0 Å². The molecular weight excluding hydrogens is 376 g/mol. The van der Waals surface area contributed by atoms with Gasteiger partial charge < -0.3 is 15.5 Å². The van der Waals surface area contributed by atoms with Crippen LogP contribution in [0.25, 0.3) is 10.9 Å². The maximum atomic E-state index is 4.74. The fourth-order valence-electron chi connectivity index (χ4n) is 3.80. The molecule has 0 amide bonds. The first-order valence-corrected chi connectivity index (χ1v) is 10.5. The van der Waals surface area contributed by atoms with Crippen molar-refractivity contribution in [3.63, 3.8) is 0 Å². The lowest BCUT2D eigenvalue weighted by Crippen LogP contribution is -2.46. The molecule has 8 nitrogen and oxygen atoms in total. The lowest BCUT2D eigenvalue weighted by Gasteiger charge is -2.25. The maximum absolute atomic E-state index is 4.74. The quantitative estimate of drug-likeness (QED) is 0.499. The summed E-state index contributed by atoms with van der Waals surface area (Å²) in [6, 6.07) is 10.7. The molecule has 2 aromatic heterocycles. The predicted octanol–water partition coefficient (Wildman–Crippen LogP) is 2.13. The second-order valence-electron chi connectivity index (χ2n) is 7.84. The Morgan fingerprint density at radius 1 is 1.27 bits per heavy atom. The minimum atomic E-state index is 0.279. The highest BCUT2D eigenvalue weighted by Crippen LogP contribution is 2.22. The molecule has 4 rings (SSSR count). The van der Waals surface area contributed by atoms with E-state index in [2.05, 4.69) is 56.9 Å². The van der Waals surface area contributed by atoms with Crippen LogP contribution < -0.4 is 15.5 Å². The molecule has 2 N–H and O–H groups in total. The number of aryl methyl sites for hydroxylation is 2. The van der Waals surface area contributed by atoms with Crippen molar-refractivity contribution >= 4 is 22.7 Å². The summed E-state index contributed by atoms with van der Waals surface area (Å²) >= 11 is 0. The van der Waals surface area contributed by atoms with Crippen molar-refractivity contribution in [1.29, 1.82) is 0 Å². The first-order valence-electron chi connectivity index (χ1n) is 10.5. The lowest BCUT2D eigenvalue weighted by atomic mass is 10.1. The van der Waals surface area contributed by atoms with Crippen LogP contribution in [0.15, 0.2) is 35.3 Å². The summed E-state index contributed by atoms with van der Waals surface area (Å²) in [6.45, 7) is 3.57. The van der Waals surface area contributed by atoms with Crippen LogP contribution in [0.4, 0.5) is 5.82 Å². The van der Waals surface area contributed by atoms with E-state index < -0.39 is 0 Å². The zero-order chi connectivity index (χ0) is 21.1. The van der Waals surface area contributed by atoms with Crippen LogP contribution in [0.5, 0.6) is 0 Å². The molecule has 1 aromatic carbocycles. The van der Waals surface area contributed by atoms with Gasteiger partial charge in [0, 0.05) is 52.0 Å². The Morgan fingerprint density at radius 3 is 2.87 bits per heavy atom. The van der Waals surface area contributed by atoms with Gasteiger partial charge in [0.2, 0.25) is 0 Å². The highest BCUT2D eigenvalue weighted by molar-refractivity contribution is 5.85. The zero-order valence-electron chi connectivity index (χ0n) is 18.2. The second kappa shape index (κ2) is 8.69. The van der Waals surface area contributed by atoms with Gasteiger partial charge in [-0.25, -0.2) is 14.6 Å². The summed E-state index contributed by atoms with van der Waals surface area (Å²) in [6.07, 6.45) is 2.82. The average Bonchev–Trinajstić information content (AvgIpc) is 3.18. The third kappa shape index (κ3) is 4.22. The minimum absolute atomic E-state index is 0.279. The van der Waals surface area contributed by atoms with Crippen molar-refractivity contribution in [3.8, 4) is 0 Å². The highest BCUT2D eigenvalue weighted by atomic mass is 15.4. The number of fused-ring (bicyclic) bond motifs is 2. The van der Waals surface area contributed by atoms with Crippen molar-refractivity contribution in [2.45, 2.75) is 45.3 Å². The number of hydrogen-bond acceptors (Lipinski definition) is 5. The average molecular weight is 407 g/mol. The first-order chi connectivity index (χ1) is 14.6. The molecule has 0 bridgehead atoms. The third-order valence-electron chi connectivity index (χ3n) is 5.48. The normalized spacial score (nSPS) is 16.4. The summed E-state index contributed by atoms with van der Waals surface area (Å²) in [5, 5.41) is 12.8. The molecule has 0 saturated heterocycles. The lowest BCUT2D eigenvalue weighted by molar-refractivity contribution is 0.392. The largest absolute Gasteiger partial charge is 0.363 e. The number of benzene rings is 1. The van der Waals surface area contributed by atoms with Crippen molar-refractivity contribution in [3.05, 3.63) is 47.5 Å². The van der Waals surface area contributed by atoms with Gasteiger partial charge in [-0.1, -0.05) is 25.1 Å². The van der Waals surface area contributed by atoms with E-state index in [0.29, 0.717) is 6.54 Å². The molecule has 30 heavy (non-hydrogen) atoms. The van der Waals surface area contributed by atoms with Crippen molar-refractivity contribution in [2.75, 3.05) is 26.0 Å². The number of nitrogens with zero attached hydrogens (tertiary/aromatic N) is 6. The molecule has 0 fully saturated rings. The Balaban J connectivity index is 1.45. The first kappa shape index (κ1) is 20.1. The van der Waals surface area contributed by atoms with E-state index in [1.54, 1.807) is 0 Å². The number of pyridine rings is 1. The van der Waals surface area contributed by atoms with Crippen LogP contribution in [0, 0.1) is 0 Å². The minimum Gasteiger partial charge on any atom is -0.363 e. The fraction of sp³-hybridized carbons (Fsp3) is 0.455. The molecule has 3 heterocycles. The molecule has 3 aromatic rings. The molecule has 0 saturated carbocycles. The number of aromatic nitrogens is 4. The van der Waals surface area contributed by atoms with Gasteiger partial charge in [0.25, 0.3) is 0 Å². The summed E-state index contributed by atoms with van der Waals surface area (Å²) < 4.78 is 2.03. The predicted molar refractivity (Wildman–Crippen MR) is 121 cm³/mol. The standard InChI is InChI=1S/C22H30N8/c1-5-19-27-20-11-10-16(14-30(20)28-19)25-22(23-2)24-13-15-12-21(29(3)4)26-18-9-7-6-8-17(15)18/h6-9,12,16H,5,10-11,13-14H2,1-4H3,(H2,23,24,25). The van der Waals surface area contributed by atoms with E-state index in [1.165, 1.54) is 5.56 Å². The van der Waals surface area contributed by atoms with Crippen LogP contribution in [0.2, 0.25) is 0 Å². The van der Waals surface area contributed by atoms with E-state index in [4.69, 9.17) is 4.98 Å². The van der Waals surface area contributed by atoms with E-state index in [1.807, 2.05) is 36.8 Å². The Kier molecular flexibility index (Phi) is 5.83. The van der Waals surface area contributed by atoms with Crippen molar-refractivity contribution < 1.29 is 0 Å². The Bertz CT molecular complexity index is 1050. The monoisotopic (exact) mass is 406 g/mol. The van der Waals surface area contributed by atoms with Crippen molar-refractivity contribution in [1.82, 2.24) is 30.4 Å². The topological polar surface area (TPSA) is 83.3 Å². The van der Waals surface area contributed by atoms with E-state index >= 15 is 0 Å². The second-order valence-corrected chi connectivity index (χ2v) is 7.84. The summed E-state index contributed by atoms with van der Waals surface area (Å²) in [4.78, 5) is 15.8. The highest BCUT2D eigenvalue weighted by Gasteiger charge is 2.22. The van der Waals surface area contributed by atoms with Gasteiger partial charge in [-0.2, -0.15) is 5.10 Å². The maximum Gasteiger partial charge on any atom is 0.191 e. The Hall–Kier alpha value is -3.16. The van der Waals surface area contributed by atoms with Gasteiger partial charge in [-0.15, -0.1) is 0 Å². The number of anilines is 1. The molecule has 0 aliphatic carbocycles. The Labute approximate surface area is 177 Å². The SMILES string of the molecule is CCc1nc2n(n1)CC(NC(=NC)NCc1cc(N(C)C)nc3ccccc13)CC2. The van der Waals surface area contributed by atoms with E-state index in [9.17, 15) is 0 Å². The van der Waals surface area contributed by atoms with Crippen molar-refractivity contribution in [2.24, 2.45) is 4.99 Å². The smallest absolute Gasteiger partial charge is 0.191 e. The van der Waals surface area contributed by atoms with Crippen LogP contribution in [0.3, 0.4) is 0 Å². The molecule has 8 heteroatoms. The molecule has 1 aliphatic heterocycles. The molecule has 1 unspecified atom stereocenters. The number of hydrogen-bond donors (Lipinski definition) is 2. The third-order valence-corrected chi connectivity index (χ3v) is 5.48. The van der Waals surface area contributed by atoms with Crippen LogP contribution in [-0.2, 0) is 25.9 Å². The van der Waals surface area contributed by atoms with Gasteiger partial charge in [0.05, 0.1) is 12.1 Å². The summed E-state index contributed by atoms with van der Waals surface area (Å²) in [5.41, 5.74) is 2.20. The van der Waals surface area contributed by atoms with Gasteiger partial charge >= 0.3 is 0 Å². The summed E-state index contributed by atoms with van der Waals surface area (Å²) in [7, 11) is 5.84. The van der Waals surface area contributed by atoms with E-state index in [0.717, 1.165) is 60.1 Å². The van der Waals surface area contributed by atoms with Gasteiger partial charge in [0.1, 0.15) is 11.6 Å². The fourth-order valence-corrected chi connectivity index (χ4v) is 3.80.